The third-order valence-corrected chi connectivity index (χ3v) is 5.50. The number of amides is 1. The van der Waals surface area contributed by atoms with Crippen LogP contribution in [-0.4, -0.2) is 63.5 Å². The van der Waals surface area contributed by atoms with E-state index in [0.717, 1.165) is 24.3 Å². The predicted octanol–water partition coefficient (Wildman–Crippen LogP) is 1.65. The highest BCUT2D eigenvalue weighted by molar-refractivity contribution is 5.81. The first-order chi connectivity index (χ1) is 12.3. The van der Waals surface area contributed by atoms with Crippen LogP contribution in [0.15, 0.2) is 24.3 Å². The second-order valence-corrected chi connectivity index (χ2v) is 6.96. The molecule has 6 heteroatoms. The molecule has 1 amide bonds. The van der Waals surface area contributed by atoms with Crippen LogP contribution in [0.3, 0.4) is 0 Å². The van der Waals surface area contributed by atoms with Gasteiger partial charge in [-0.05, 0) is 24.1 Å². The maximum Gasteiger partial charge on any atom is 0.252 e. The SMILES string of the molecule is COc1cccc(C2CN(C(=O)C3OCC4COCCC43)CCO2)c1. The number of morpholine rings is 1. The van der Waals surface area contributed by atoms with Crippen LogP contribution in [0.5, 0.6) is 5.75 Å². The normalized spacial score (nSPS) is 32.3. The van der Waals surface area contributed by atoms with E-state index in [9.17, 15) is 4.79 Å². The first-order valence-electron chi connectivity index (χ1n) is 9.00. The van der Waals surface area contributed by atoms with Gasteiger partial charge in [0.15, 0.2) is 0 Å². The van der Waals surface area contributed by atoms with Crippen LogP contribution in [0.2, 0.25) is 0 Å². The molecular weight excluding hydrogens is 322 g/mol. The van der Waals surface area contributed by atoms with Crippen LogP contribution in [0.4, 0.5) is 0 Å². The van der Waals surface area contributed by atoms with E-state index in [1.807, 2.05) is 29.2 Å². The molecule has 25 heavy (non-hydrogen) atoms. The fourth-order valence-corrected chi connectivity index (χ4v) is 4.06. The topological polar surface area (TPSA) is 57.2 Å². The van der Waals surface area contributed by atoms with Gasteiger partial charge in [-0.25, -0.2) is 0 Å². The van der Waals surface area contributed by atoms with Crippen LogP contribution < -0.4 is 4.74 Å². The van der Waals surface area contributed by atoms with Crippen LogP contribution in [-0.2, 0) is 19.0 Å². The van der Waals surface area contributed by atoms with Gasteiger partial charge in [0.25, 0.3) is 5.91 Å². The Kier molecular flexibility index (Phi) is 4.92. The number of nitrogens with zero attached hydrogens (tertiary/aromatic N) is 1. The number of fused-ring (bicyclic) bond motifs is 1. The number of ether oxygens (including phenoxy) is 4. The highest BCUT2D eigenvalue weighted by Gasteiger charge is 2.45. The van der Waals surface area contributed by atoms with Gasteiger partial charge in [-0.1, -0.05) is 12.1 Å². The van der Waals surface area contributed by atoms with E-state index in [2.05, 4.69) is 0 Å². The number of carbonyl (C=O) groups excluding carboxylic acids is 1. The Balaban J connectivity index is 1.44. The van der Waals surface area contributed by atoms with Crippen molar-refractivity contribution in [3.8, 4) is 5.75 Å². The zero-order valence-corrected chi connectivity index (χ0v) is 14.6. The largest absolute Gasteiger partial charge is 0.497 e. The van der Waals surface area contributed by atoms with Crippen LogP contribution in [0, 0.1) is 11.8 Å². The molecule has 0 bridgehead atoms. The first-order valence-corrected chi connectivity index (χ1v) is 9.00. The molecular formula is C19H25NO5. The Morgan fingerprint density at radius 2 is 2.16 bits per heavy atom. The Hall–Kier alpha value is -1.63. The van der Waals surface area contributed by atoms with E-state index >= 15 is 0 Å². The minimum atomic E-state index is -0.321. The van der Waals surface area contributed by atoms with E-state index in [0.29, 0.717) is 44.7 Å². The van der Waals surface area contributed by atoms with Crippen LogP contribution in [0.25, 0.3) is 0 Å². The van der Waals surface area contributed by atoms with Crippen LogP contribution >= 0.6 is 0 Å². The highest BCUT2D eigenvalue weighted by Crippen LogP contribution is 2.35. The maximum absolute atomic E-state index is 13.0. The molecule has 4 rings (SSSR count). The Morgan fingerprint density at radius 3 is 3.04 bits per heavy atom. The van der Waals surface area contributed by atoms with Crippen molar-refractivity contribution in [1.82, 2.24) is 4.90 Å². The summed E-state index contributed by atoms with van der Waals surface area (Å²) in [6.07, 6.45) is 0.461. The van der Waals surface area contributed by atoms with Crippen LogP contribution in [0.1, 0.15) is 18.1 Å². The lowest BCUT2D eigenvalue weighted by molar-refractivity contribution is -0.151. The molecule has 3 saturated heterocycles. The van der Waals surface area contributed by atoms with Crippen molar-refractivity contribution in [3.63, 3.8) is 0 Å². The average Bonchev–Trinajstić information content (AvgIpc) is 3.11. The Morgan fingerprint density at radius 1 is 1.24 bits per heavy atom. The van der Waals surface area contributed by atoms with Gasteiger partial charge in [0.05, 0.1) is 33.5 Å². The van der Waals surface area contributed by atoms with Crippen molar-refractivity contribution in [2.75, 3.05) is 46.6 Å². The van der Waals surface area contributed by atoms with Crippen molar-refractivity contribution >= 4 is 5.91 Å². The number of benzene rings is 1. The van der Waals surface area contributed by atoms with Crippen molar-refractivity contribution in [3.05, 3.63) is 29.8 Å². The third-order valence-electron chi connectivity index (χ3n) is 5.50. The molecule has 4 atom stereocenters. The van der Waals surface area contributed by atoms with Gasteiger partial charge in [0.2, 0.25) is 0 Å². The summed E-state index contributed by atoms with van der Waals surface area (Å²) in [4.78, 5) is 14.9. The summed E-state index contributed by atoms with van der Waals surface area (Å²) in [7, 11) is 1.65. The summed E-state index contributed by atoms with van der Waals surface area (Å²) >= 11 is 0. The number of hydrogen-bond donors (Lipinski definition) is 0. The zero-order chi connectivity index (χ0) is 17.2. The summed E-state index contributed by atoms with van der Waals surface area (Å²) in [5, 5.41) is 0. The van der Waals surface area contributed by atoms with Gasteiger partial charge in [-0.15, -0.1) is 0 Å². The first kappa shape index (κ1) is 16.8. The van der Waals surface area contributed by atoms with Gasteiger partial charge >= 0.3 is 0 Å². The van der Waals surface area contributed by atoms with E-state index in [1.54, 1.807) is 7.11 Å². The molecule has 0 radical (unpaired) electrons. The van der Waals surface area contributed by atoms with Gasteiger partial charge in [-0.3, -0.25) is 4.79 Å². The molecule has 4 unspecified atom stereocenters. The van der Waals surface area contributed by atoms with E-state index in [-0.39, 0.29) is 18.1 Å². The fraction of sp³-hybridized carbons (Fsp3) is 0.632. The quantitative estimate of drug-likeness (QED) is 0.832. The van der Waals surface area contributed by atoms with E-state index < -0.39 is 0 Å². The van der Waals surface area contributed by atoms with E-state index in [4.69, 9.17) is 18.9 Å². The summed E-state index contributed by atoms with van der Waals surface area (Å²) in [5.41, 5.74) is 1.04. The minimum absolute atomic E-state index is 0.102. The fourth-order valence-electron chi connectivity index (χ4n) is 4.06. The standard InChI is InChI=1S/C19H25NO5/c1-22-15-4-2-3-13(9-15)17-10-20(6-8-24-17)19(21)18-16-5-7-23-11-14(16)12-25-18/h2-4,9,14,16-18H,5-8,10-12H2,1H3. The molecule has 0 N–H and O–H groups in total. The molecule has 3 fully saturated rings. The lowest BCUT2D eigenvalue weighted by Gasteiger charge is -2.36. The van der Waals surface area contributed by atoms with E-state index in [1.165, 1.54) is 0 Å². The number of hydrogen-bond acceptors (Lipinski definition) is 5. The lowest BCUT2D eigenvalue weighted by atomic mass is 9.86. The number of rotatable bonds is 3. The smallest absolute Gasteiger partial charge is 0.252 e. The number of methoxy groups -OCH3 is 1. The zero-order valence-electron chi connectivity index (χ0n) is 14.6. The number of carbonyl (C=O) groups is 1. The van der Waals surface area contributed by atoms with Crippen molar-refractivity contribution in [2.24, 2.45) is 11.8 Å². The highest BCUT2D eigenvalue weighted by atomic mass is 16.5. The molecule has 1 aromatic carbocycles. The minimum Gasteiger partial charge on any atom is -0.497 e. The molecule has 0 aromatic heterocycles. The second kappa shape index (κ2) is 7.32. The van der Waals surface area contributed by atoms with Crippen molar-refractivity contribution in [1.29, 1.82) is 0 Å². The molecule has 136 valence electrons. The molecule has 1 aromatic rings. The predicted molar refractivity (Wildman–Crippen MR) is 90.4 cm³/mol. The Labute approximate surface area is 148 Å². The molecule has 6 nitrogen and oxygen atoms in total. The molecule has 3 aliphatic heterocycles. The van der Waals surface area contributed by atoms with Gasteiger partial charge in [0, 0.05) is 25.0 Å². The summed E-state index contributed by atoms with van der Waals surface area (Å²) in [6, 6.07) is 7.85. The van der Waals surface area contributed by atoms with Gasteiger partial charge in [-0.2, -0.15) is 0 Å². The monoisotopic (exact) mass is 347 g/mol. The molecule has 0 aliphatic carbocycles. The summed E-state index contributed by atoms with van der Waals surface area (Å²) in [5.74, 6) is 1.55. The molecule has 0 spiro atoms. The molecule has 3 aliphatic rings. The molecule has 3 heterocycles. The lowest BCUT2D eigenvalue weighted by Crippen LogP contribution is -2.49. The maximum atomic E-state index is 13.0. The third kappa shape index (κ3) is 3.38. The summed E-state index contributed by atoms with van der Waals surface area (Å²) in [6.45, 7) is 3.78. The van der Waals surface area contributed by atoms with Crippen molar-refractivity contribution < 1.29 is 23.7 Å². The average molecular weight is 347 g/mol. The summed E-state index contributed by atoms with van der Waals surface area (Å²) < 4.78 is 22.6. The van der Waals surface area contributed by atoms with Gasteiger partial charge < -0.3 is 23.8 Å². The van der Waals surface area contributed by atoms with Crippen molar-refractivity contribution in [2.45, 2.75) is 18.6 Å². The van der Waals surface area contributed by atoms with Gasteiger partial charge in [0.1, 0.15) is 18.0 Å². The molecule has 0 saturated carbocycles. The Bertz CT molecular complexity index is 622. The second-order valence-electron chi connectivity index (χ2n) is 6.96.